The molecule has 0 spiro atoms. The molecule has 74 heavy (non-hydrogen) atoms. The van der Waals surface area contributed by atoms with Crippen molar-refractivity contribution >= 4 is 0 Å². The van der Waals surface area contributed by atoms with E-state index in [9.17, 15) is 61.3 Å². The van der Waals surface area contributed by atoms with Crippen LogP contribution in [0.5, 0.6) is 0 Å². The topological polar surface area (TPSA) is 335 Å². The monoisotopic (exact) mass is 1060 g/mol. The van der Waals surface area contributed by atoms with Crippen molar-refractivity contribution in [2.24, 2.45) is 46.3 Å². The van der Waals surface area contributed by atoms with Crippen LogP contribution >= 0.6 is 0 Å². The van der Waals surface area contributed by atoms with Crippen molar-refractivity contribution in [2.75, 3.05) is 26.9 Å². The number of methoxy groups -OCH3 is 1. The number of hydrogen-bond donors (Lipinski definition) is 12. The normalized spacial score (nSPS) is 54.9. The minimum atomic E-state index is -1.74. The molecular weight excluding hydrogens is 977 g/mol. The molecular formula is C52H86O22. The third-order valence-corrected chi connectivity index (χ3v) is 19.8. The smallest absolute Gasteiger partial charge is 0.187 e. The van der Waals surface area contributed by atoms with Gasteiger partial charge >= 0.3 is 0 Å². The molecule has 8 fully saturated rings. The van der Waals surface area contributed by atoms with Crippen molar-refractivity contribution in [2.45, 2.75) is 240 Å². The molecule has 5 heterocycles. The summed E-state index contributed by atoms with van der Waals surface area (Å²) in [6.45, 7) is 11.1. The molecule has 0 aromatic rings. The van der Waals surface area contributed by atoms with Gasteiger partial charge < -0.3 is 109 Å². The van der Waals surface area contributed by atoms with E-state index in [0.717, 1.165) is 32.1 Å². The van der Waals surface area contributed by atoms with Crippen molar-refractivity contribution in [3.8, 4) is 0 Å². The van der Waals surface area contributed by atoms with Crippen LogP contribution in [0, 0.1) is 46.3 Å². The largest absolute Gasteiger partial charge is 0.394 e. The Bertz CT molecular complexity index is 1920. The number of aliphatic hydroxyl groups is 12. The molecule has 0 unspecified atom stereocenters. The van der Waals surface area contributed by atoms with Crippen molar-refractivity contribution in [1.29, 1.82) is 0 Å². The Morgan fingerprint density at radius 1 is 0.649 bits per heavy atom. The van der Waals surface area contributed by atoms with Crippen molar-refractivity contribution < 1.29 is 109 Å². The second-order valence-corrected chi connectivity index (χ2v) is 24.0. The van der Waals surface area contributed by atoms with Crippen LogP contribution in [-0.4, -0.2) is 229 Å². The van der Waals surface area contributed by atoms with Gasteiger partial charge in [-0.2, -0.15) is 0 Å². The molecule has 4 aliphatic carbocycles. The first-order valence-electron chi connectivity index (χ1n) is 27.2. The van der Waals surface area contributed by atoms with Gasteiger partial charge in [0.05, 0.1) is 44.2 Å². The zero-order valence-corrected chi connectivity index (χ0v) is 43.7. The zero-order valence-electron chi connectivity index (χ0n) is 43.7. The number of rotatable bonds is 15. The van der Waals surface area contributed by atoms with Crippen LogP contribution in [-0.2, 0) is 47.4 Å². The van der Waals surface area contributed by atoms with Crippen LogP contribution in [0.3, 0.4) is 0 Å². The predicted molar refractivity (Wildman–Crippen MR) is 254 cm³/mol. The van der Waals surface area contributed by atoms with Crippen LogP contribution in [0.25, 0.3) is 0 Å². The Morgan fingerprint density at radius 2 is 1.24 bits per heavy atom. The molecule has 9 aliphatic rings. The molecule has 0 aromatic carbocycles. The Balaban J connectivity index is 0.854. The molecule has 31 atom stereocenters. The van der Waals surface area contributed by atoms with E-state index in [-0.39, 0.29) is 41.3 Å². The highest BCUT2D eigenvalue weighted by Crippen LogP contribution is 2.70. The second-order valence-electron chi connectivity index (χ2n) is 24.0. The lowest BCUT2D eigenvalue weighted by Crippen LogP contribution is -2.66. The van der Waals surface area contributed by atoms with Gasteiger partial charge in [-0.15, -0.1) is 0 Å². The van der Waals surface area contributed by atoms with E-state index in [1.165, 1.54) is 19.4 Å². The summed E-state index contributed by atoms with van der Waals surface area (Å²) in [5, 5.41) is 127. The molecule has 3 saturated carbocycles. The van der Waals surface area contributed by atoms with Crippen LogP contribution in [0.2, 0.25) is 0 Å². The highest BCUT2D eigenvalue weighted by atomic mass is 16.8. The molecule has 426 valence electrons. The second kappa shape index (κ2) is 22.4. The fourth-order valence-corrected chi connectivity index (χ4v) is 15.3. The lowest BCUT2D eigenvalue weighted by molar-refractivity contribution is -0.388. The molecule has 9 rings (SSSR count). The fourth-order valence-electron chi connectivity index (χ4n) is 15.3. The summed E-state index contributed by atoms with van der Waals surface area (Å²) in [4.78, 5) is 0. The van der Waals surface area contributed by atoms with Crippen molar-refractivity contribution in [1.82, 2.24) is 0 Å². The van der Waals surface area contributed by atoms with Crippen LogP contribution in [0.15, 0.2) is 11.6 Å². The van der Waals surface area contributed by atoms with Crippen LogP contribution < -0.4 is 0 Å². The van der Waals surface area contributed by atoms with Gasteiger partial charge in [-0.3, -0.25) is 0 Å². The molecule has 12 N–H and O–H groups in total. The minimum absolute atomic E-state index is 0.00465. The Hall–Kier alpha value is -1.14. The minimum Gasteiger partial charge on any atom is -0.394 e. The third-order valence-electron chi connectivity index (χ3n) is 19.8. The summed E-state index contributed by atoms with van der Waals surface area (Å²) in [5.41, 5.74) is 1.19. The third kappa shape index (κ3) is 10.1. The predicted octanol–water partition coefficient (Wildman–Crippen LogP) is -1.33. The van der Waals surface area contributed by atoms with Gasteiger partial charge in [0.2, 0.25) is 0 Å². The van der Waals surface area contributed by atoms with Crippen molar-refractivity contribution in [3.05, 3.63) is 11.6 Å². The number of ether oxygens (including phenoxy) is 10. The maximum atomic E-state index is 12.1. The maximum Gasteiger partial charge on any atom is 0.187 e. The highest BCUT2D eigenvalue weighted by molar-refractivity contribution is 5.26. The number of fused-ring (bicyclic) bond motifs is 7. The number of hydrogen-bond acceptors (Lipinski definition) is 22. The van der Waals surface area contributed by atoms with E-state index in [4.69, 9.17) is 47.4 Å². The molecule has 0 aromatic heterocycles. The Labute approximate surface area is 432 Å². The van der Waals surface area contributed by atoms with Crippen molar-refractivity contribution in [3.63, 3.8) is 0 Å². The Morgan fingerprint density at radius 3 is 1.86 bits per heavy atom. The summed E-state index contributed by atoms with van der Waals surface area (Å²) >= 11 is 0. The molecule has 5 aliphatic heterocycles. The van der Waals surface area contributed by atoms with Crippen LogP contribution in [0.4, 0.5) is 0 Å². The van der Waals surface area contributed by atoms with E-state index < -0.39 is 148 Å². The van der Waals surface area contributed by atoms with Crippen LogP contribution in [0.1, 0.15) is 99.3 Å². The van der Waals surface area contributed by atoms with Gasteiger partial charge in [0.1, 0.15) is 85.5 Å². The first-order valence-corrected chi connectivity index (χ1v) is 27.2. The molecule has 0 amide bonds. The molecule has 0 bridgehead atoms. The van der Waals surface area contributed by atoms with Gasteiger partial charge in [-0.25, -0.2) is 0 Å². The molecule has 5 saturated heterocycles. The van der Waals surface area contributed by atoms with E-state index in [1.54, 1.807) is 7.11 Å². The fraction of sp³-hybridized carbons (Fsp3) is 0.962. The lowest BCUT2D eigenvalue weighted by Gasteiger charge is -2.58. The maximum absolute atomic E-state index is 12.1. The summed E-state index contributed by atoms with van der Waals surface area (Å²) < 4.78 is 61.5. The average molecular weight is 1060 g/mol. The SMILES string of the molecule is CO[C@@]1(CC[C@@H](C)CO[C@@H]2O[C@H](CO)[C@@H](O)[C@H](O)[C@H]2O)O[C@H]2C[C@H]3[C@@H]4CC=C5C[C@@H](O[C@@H]6O[C@H](CO)[C@@H](O[C@@H]7O[C@@H](C)[C@H](O)[C@@H](O)[C@H]7O)[C@H](O)[C@H]6O[C@@H]6O[C@@H](C)[C@H](O)[C@@H](O)[C@H]6O)CC[C@]5(C)[C@H]4CC[C@]3(C)[C@H]2[C@@H]1C. The first-order chi connectivity index (χ1) is 35.0. The Kier molecular flexibility index (Phi) is 17.4. The molecule has 22 heteroatoms. The number of aliphatic hydroxyl groups excluding tert-OH is 12. The average Bonchev–Trinajstić information content (AvgIpc) is 3.84. The molecule has 0 radical (unpaired) electrons. The number of allylic oxidation sites excluding steroid dienone is 1. The summed E-state index contributed by atoms with van der Waals surface area (Å²) in [7, 11) is 1.72. The van der Waals surface area contributed by atoms with E-state index in [1.807, 2.05) is 6.92 Å². The van der Waals surface area contributed by atoms with Gasteiger partial charge in [0, 0.05) is 19.4 Å². The zero-order chi connectivity index (χ0) is 53.5. The van der Waals surface area contributed by atoms with E-state index >= 15 is 0 Å². The highest BCUT2D eigenvalue weighted by Gasteiger charge is 2.68. The summed E-state index contributed by atoms with van der Waals surface area (Å²) in [6.07, 6.45) is -19.4. The quantitative estimate of drug-likeness (QED) is 0.0846. The first kappa shape index (κ1) is 57.5. The van der Waals surface area contributed by atoms with Gasteiger partial charge in [-0.05, 0) is 106 Å². The summed E-state index contributed by atoms with van der Waals surface area (Å²) in [5.74, 6) is 0.884. The lowest BCUT2D eigenvalue weighted by atomic mass is 9.47. The molecule has 22 nitrogen and oxygen atoms in total. The van der Waals surface area contributed by atoms with Gasteiger partial charge in [0.15, 0.2) is 30.9 Å². The van der Waals surface area contributed by atoms with Gasteiger partial charge in [-0.1, -0.05) is 39.3 Å². The van der Waals surface area contributed by atoms with E-state index in [2.05, 4.69) is 26.8 Å². The summed E-state index contributed by atoms with van der Waals surface area (Å²) in [6, 6.07) is 0. The van der Waals surface area contributed by atoms with E-state index in [0.29, 0.717) is 43.4 Å². The van der Waals surface area contributed by atoms with Gasteiger partial charge in [0.25, 0.3) is 0 Å². The standard InChI is InChI=1S/C52H86O22/c1-21(20-66-46-40(61)39(60)36(57)31(18-53)70-46)10-15-52(65-7)22(2)33-30(74-52)17-29-27-9-8-25-16-26(11-13-50(25,5)28(27)12-14-51(29,33)6)69-49-45(73-48-42(63)38(59)35(56)24(4)68-48)43(64)44(32(19-54)71-49)72-47-41(62)37(58)34(55)23(3)67-47/h8,21-24,26-49,53-64H,9-20H2,1-7H3/t21-,22+,23+,24+,26+,27-,28+,29+,30+,31-,32-,33+,34+,35+,36-,37-,38-,39+,40-,41-,42-,43+,44-,45-,46-,47+,48+,49-,50+,51+,52+/m1/s1.